The van der Waals surface area contributed by atoms with Crippen molar-refractivity contribution >= 4 is 11.6 Å². The molecule has 4 heteroatoms. The van der Waals surface area contributed by atoms with E-state index < -0.39 is 0 Å². The SMILES string of the molecule is Cc1cccc(NC(N)=NCC(C)Oc2cccc(C)c2)c1. The summed E-state index contributed by atoms with van der Waals surface area (Å²) in [6, 6.07) is 16.0. The smallest absolute Gasteiger partial charge is 0.193 e. The summed E-state index contributed by atoms with van der Waals surface area (Å²) in [4.78, 5) is 4.33. The summed E-state index contributed by atoms with van der Waals surface area (Å²) in [5.41, 5.74) is 9.19. The Kier molecular flexibility index (Phi) is 5.42. The number of aryl methyl sites for hydroxylation is 2. The highest BCUT2D eigenvalue weighted by molar-refractivity contribution is 5.92. The molecule has 2 rings (SSSR count). The van der Waals surface area contributed by atoms with Crippen LogP contribution >= 0.6 is 0 Å². The van der Waals surface area contributed by atoms with Crippen molar-refractivity contribution in [3.05, 3.63) is 59.7 Å². The molecule has 0 fully saturated rings. The fraction of sp³-hybridized carbons (Fsp3) is 0.278. The summed E-state index contributed by atoms with van der Waals surface area (Å²) in [6.07, 6.45) is -0.0420. The van der Waals surface area contributed by atoms with Crippen molar-refractivity contribution < 1.29 is 4.74 Å². The number of rotatable bonds is 5. The standard InChI is InChI=1S/C18H23N3O/c1-13-6-4-8-16(10-13)21-18(19)20-12-15(3)22-17-9-5-7-14(2)11-17/h4-11,15H,12H2,1-3H3,(H3,19,20,21). The van der Waals surface area contributed by atoms with Crippen LogP contribution in [0.25, 0.3) is 0 Å². The van der Waals surface area contributed by atoms with E-state index in [4.69, 9.17) is 10.5 Å². The summed E-state index contributed by atoms with van der Waals surface area (Å²) >= 11 is 0. The van der Waals surface area contributed by atoms with Gasteiger partial charge in [0.25, 0.3) is 0 Å². The van der Waals surface area contributed by atoms with Crippen molar-refractivity contribution in [3.8, 4) is 5.75 Å². The summed E-state index contributed by atoms with van der Waals surface area (Å²) in [5.74, 6) is 1.25. The maximum atomic E-state index is 5.90. The highest BCUT2D eigenvalue weighted by Crippen LogP contribution is 2.14. The molecular weight excluding hydrogens is 274 g/mol. The minimum Gasteiger partial charge on any atom is -0.489 e. The Morgan fingerprint density at radius 3 is 2.50 bits per heavy atom. The van der Waals surface area contributed by atoms with Gasteiger partial charge in [0.15, 0.2) is 5.96 Å². The number of anilines is 1. The monoisotopic (exact) mass is 297 g/mol. The van der Waals surface area contributed by atoms with Crippen molar-refractivity contribution in [1.29, 1.82) is 0 Å². The normalized spacial score (nSPS) is 12.8. The average molecular weight is 297 g/mol. The first-order valence-electron chi connectivity index (χ1n) is 7.40. The molecule has 4 nitrogen and oxygen atoms in total. The second-order valence-corrected chi connectivity index (χ2v) is 5.47. The van der Waals surface area contributed by atoms with Crippen LogP contribution in [0.4, 0.5) is 5.69 Å². The predicted molar refractivity (Wildman–Crippen MR) is 92.6 cm³/mol. The number of nitrogens with two attached hydrogens (primary N) is 1. The zero-order valence-corrected chi connectivity index (χ0v) is 13.3. The number of guanidine groups is 1. The third-order valence-electron chi connectivity index (χ3n) is 3.14. The van der Waals surface area contributed by atoms with E-state index in [0.29, 0.717) is 12.5 Å². The Bertz CT molecular complexity index is 652. The van der Waals surface area contributed by atoms with E-state index in [9.17, 15) is 0 Å². The second-order valence-electron chi connectivity index (χ2n) is 5.47. The Hall–Kier alpha value is -2.49. The topological polar surface area (TPSA) is 59.6 Å². The van der Waals surface area contributed by atoms with Crippen molar-refractivity contribution in [2.75, 3.05) is 11.9 Å². The average Bonchev–Trinajstić information content (AvgIpc) is 2.45. The van der Waals surface area contributed by atoms with Gasteiger partial charge in [-0.25, -0.2) is 4.99 Å². The van der Waals surface area contributed by atoms with E-state index in [-0.39, 0.29) is 6.10 Å². The highest BCUT2D eigenvalue weighted by Gasteiger charge is 2.04. The third-order valence-corrected chi connectivity index (χ3v) is 3.14. The molecule has 1 unspecified atom stereocenters. The molecule has 0 amide bonds. The van der Waals surface area contributed by atoms with Gasteiger partial charge in [-0.15, -0.1) is 0 Å². The second kappa shape index (κ2) is 7.50. The van der Waals surface area contributed by atoms with Crippen LogP contribution < -0.4 is 15.8 Å². The number of hydrogen-bond donors (Lipinski definition) is 2. The molecule has 3 N–H and O–H groups in total. The fourth-order valence-corrected chi connectivity index (χ4v) is 2.10. The van der Waals surface area contributed by atoms with Crippen LogP contribution in [0.1, 0.15) is 18.1 Å². The van der Waals surface area contributed by atoms with E-state index in [0.717, 1.165) is 11.4 Å². The van der Waals surface area contributed by atoms with E-state index in [1.54, 1.807) is 0 Å². The number of hydrogen-bond acceptors (Lipinski definition) is 2. The number of ether oxygens (including phenoxy) is 1. The maximum Gasteiger partial charge on any atom is 0.193 e. The maximum absolute atomic E-state index is 5.90. The van der Waals surface area contributed by atoms with Crippen LogP contribution in [0.3, 0.4) is 0 Å². The van der Waals surface area contributed by atoms with Crippen molar-refractivity contribution in [3.63, 3.8) is 0 Å². The van der Waals surface area contributed by atoms with Gasteiger partial charge in [-0.2, -0.15) is 0 Å². The molecule has 0 aliphatic rings. The lowest BCUT2D eigenvalue weighted by atomic mass is 10.2. The van der Waals surface area contributed by atoms with Gasteiger partial charge in [0.05, 0.1) is 6.54 Å². The summed E-state index contributed by atoms with van der Waals surface area (Å²) in [7, 11) is 0. The molecule has 0 aliphatic heterocycles. The van der Waals surface area contributed by atoms with Crippen LogP contribution in [0.5, 0.6) is 5.75 Å². The predicted octanol–water partition coefficient (Wildman–Crippen LogP) is 3.50. The summed E-state index contributed by atoms with van der Waals surface area (Å²) < 4.78 is 5.82. The first-order chi connectivity index (χ1) is 10.5. The molecule has 22 heavy (non-hydrogen) atoms. The molecule has 0 aliphatic carbocycles. The number of benzene rings is 2. The summed E-state index contributed by atoms with van der Waals surface area (Å²) in [6.45, 7) is 6.56. The van der Waals surface area contributed by atoms with Gasteiger partial charge in [-0.3, -0.25) is 0 Å². The van der Waals surface area contributed by atoms with Crippen LogP contribution in [-0.4, -0.2) is 18.6 Å². The van der Waals surface area contributed by atoms with E-state index in [1.807, 2.05) is 69.3 Å². The first-order valence-corrected chi connectivity index (χ1v) is 7.40. The molecule has 0 bridgehead atoms. The minimum absolute atomic E-state index is 0.0420. The lowest BCUT2D eigenvalue weighted by Crippen LogP contribution is -2.25. The number of nitrogens with one attached hydrogen (secondary N) is 1. The van der Waals surface area contributed by atoms with Gasteiger partial charge in [0.2, 0.25) is 0 Å². The number of aliphatic imine (C=N–C) groups is 1. The zero-order chi connectivity index (χ0) is 15.9. The van der Waals surface area contributed by atoms with Gasteiger partial charge in [0.1, 0.15) is 11.9 Å². The lowest BCUT2D eigenvalue weighted by Gasteiger charge is -2.13. The fourth-order valence-electron chi connectivity index (χ4n) is 2.10. The quantitative estimate of drug-likeness (QED) is 0.656. The summed E-state index contributed by atoms with van der Waals surface area (Å²) in [5, 5.41) is 3.08. The Labute approximate surface area is 132 Å². The van der Waals surface area contributed by atoms with Crippen LogP contribution in [0, 0.1) is 13.8 Å². The molecule has 0 radical (unpaired) electrons. The van der Waals surface area contributed by atoms with E-state index in [1.165, 1.54) is 11.1 Å². The van der Waals surface area contributed by atoms with Crippen molar-refractivity contribution in [2.24, 2.45) is 10.7 Å². The van der Waals surface area contributed by atoms with Gasteiger partial charge in [-0.1, -0.05) is 24.3 Å². The molecule has 116 valence electrons. The number of nitrogens with zero attached hydrogens (tertiary/aromatic N) is 1. The van der Waals surface area contributed by atoms with E-state index >= 15 is 0 Å². The highest BCUT2D eigenvalue weighted by atomic mass is 16.5. The molecule has 0 aromatic heterocycles. The van der Waals surface area contributed by atoms with Gasteiger partial charge in [0, 0.05) is 5.69 Å². The van der Waals surface area contributed by atoms with Crippen LogP contribution in [0.2, 0.25) is 0 Å². The minimum atomic E-state index is -0.0420. The molecule has 2 aromatic rings. The molecule has 0 saturated carbocycles. The third kappa shape index (κ3) is 5.13. The molecule has 1 atom stereocenters. The largest absolute Gasteiger partial charge is 0.489 e. The molecular formula is C18H23N3O. The molecule has 0 saturated heterocycles. The van der Waals surface area contributed by atoms with Crippen LogP contribution in [0.15, 0.2) is 53.5 Å². The lowest BCUT2D eigenvalue weighted by molar-refractivity contribution is 0.230. The Balaban J connectivity index is 1.87. The first kappa shape index (κ1) is 15.9. The molecule has 0 heterocycles. The molecule has 0 spiro atoms. The van der Waals surface area contributed by atoms with Crippen LogP contribution in [-0.2, 0) is 0 Å². The van der Waals surface area contributed by atoms with Gasteiger partial charge >= 0.3 is 0 Å². The van der Waals surface area contributed by atoms with Crippen molar-refractivity contribution in [2.45, 2.75) is 26.9 Å². The van der Waals surface area contributed by atoms with E-state index in [2.05, 4.69) is 10.3 Å². The zero-order valence-electron chi connectivity index (χ0n) is 13.3. The van der Waals surface area contributed by atoms with Gasteiger partial charge < -0.3 is 15.8 Å². The Morgan fingerprint density at radius 1 is 1.14 bits per heavy atom. The molecule has 2 aromatic carbocycles. The Morgan fingerprint density at radius 2 is 1.82 bits per heavy atom. The van der Waals surface area contributed by atoms with Crippen molar-refractivity contribution in [1.82, 2.24) is 0 Å². The van der Waals surface area contributed by atoms with Gasteiger partial charge in [-0.05, 0) is 56.2 Å².